The minimum atomic E-state index is -0.202. The molecule has 0 spiro atoms. The molecule has 1 saturated heterocycles. The van der Waals surface area contributed by atoms with Gasteiger partial charge in [-0.1, -0.05) is 23.2 Å². The molecule has 3 N–H and O–H groups in total. The van der Waals surface area contributed by atoms with Gasteiger partial charge in [-0.15, -0.1) is 24.0 Å². The maximum absolute atomic E-state index is 12.1. The highest BCUT2D eigenvalue weighted by Gasteiger charge is 2.14. The van der Waals surface area contributed by atoms with Gasteiger partial charge in [-0.05, 0) is 37.5 Å². The van der Waals surface area contributed by atoms with Crippen molar-refractivity contribution in [3.63, 3.8) is 0 Å². The van der Waals surface area contributed by atoms with Gasteiger partial charge in [0.2, 0.25) is 0 Å². The van der Waals surface area contributed by atoms with Crippen LogP contribution in [0.2, 0.25) is 10.0 Å². The molecule has 1 unspecified atom stereocenters. The van der Waals surface area contributed by atoms with Gasteiger partial charge in [0.05, 0.1) is 22.8 Å². The van der Waals surface area contributed by atoms with Gasteiger partial charge < -0.3 is 25.4 Å². The molecule has 0 radical (unpaired) electrons. The standard InChI is InChI=1S/C19H28Cl2N4O3.HI/c1-22-19(24-7-3-10-27-13-15-4-2-11-28-15)25-9-8-23-18(26)14-5-6-16(20)17(21)12-14;/h5-6,12,15H,2-4,7-11,13H2,1H3,(H,23,26)(H2,22,24,25);1H. The molecule has 0 aliphatic carbocycles. The van der Waals surface area contributed by atoms with Gasteiger partial charge in [0.25, 0.3) is 5.91 Å². The first kappa shape index (κ1) is 26.2. The predicted octanol–water partition coefficient (Wildman–Crippen LogP) is 3.09. The van der Waals surface area contributed by atoms with Crippen molar-refractivity contribution in [2.45, 2.75) is 25.4 Å². The molecule has 29 heavy (non-hydrogen) atoms. The predicted molar refractivity (Wildman–Crippen MR) is 128 cm³/mol. The van der Waals surface area contributed by atoms with E-state index in [-0.39, 0.29) is 36.0 Å². The van der Waals surface area contributed by atoms with E-state index in [0.717, 1.165) is 32.4 Å². The second-order valence-electron chi connectivity index (χ2n) is 6.37. The number of hydrogen-bond acceptors (Lipinski definition) is 4. The first-order valence-electron chi connectivity index (χ1n) is 9.47. The Balaban J connectivity index is 0.00000420. The Labute approximate surface area is 199 Å². The van der Waals surface area contributed by atoms with Gasteiger partial charge >= 0.3 is 0 Å². The Bertz CT molecular complexity index is 658. The van der Waals surface area contributed by atoms with E-state index in [1.165, 1.54) is 0 Å². The van der Waals surface area contributed by atoms with E-state index in [4.69, 9.17) is 32.7 Å². The molecule has 0 saturated carbocycles. The minimum Gasteiger partial charge on any atom is -0.379 e. The molecule has 1 atom stereocenters. The summed E-state index contributed by atoms with van der Waals surface area (Å²) in [6, 6.07) is 4.79. The molecule has 0 aromatic heterocycles. The summed E-state index contributed by atoms with van der Waals surface area (Å²) in [6.07, 6.45) is 3.37. The number of hydrogen-bond donors (Lipinski definition) is 3. The highest BCUT2D eigenvalue weighted by atomic mass is 127. The summed E-state index contributed by atoms with van der Waals surface area (Å²) in [4.78, 5) is 16.2. The molecule has 164 valence electrons. The highest BCUT2D eigenvalue weighted by Crippen LogP contribution is 2.22. The zero-order valence-electron chi connectivity index (χ0n) is 16.5. The average molecular weight is 559 g/mol. The first-order chi connectivity index (χ1) is 13.6. The summed E-state index contributed by atoms with van der Waals surface area (Å²) in [5.74, 6) is 0.481. The normalized spacial score (nSPS) is 16.2. The number of carbonyl (C=O) groups is 1. The molecule has 0 bridgehead atoms. The van der Waals surface area contributed by atoms with E-state index in [9.17, 15) is 4.79 Å². The monoisotopic (exact) mass is 558 g/mol. The fraction of sp³-hybridized carbons (Fsp3) is 0.579. The van der Waals surface area contributed by atoms with Crippen molar-refractivity contribution in [3.05, 3.63) is 33.8 Å². The lowest BCUT2D eigenvalue weighted by Gasteiger charge is -2.13. The molecular weight excluding hydrogens is 530 g/mol. The van der Waals surface area contributed by atoms with Crippen LogP contribution in [0.3, 0.4) is 0 Å². The summed E-state index contributed by atoms with van der Waals surface area (Å²) in [7, 11) is 1.71. The third-order valence-corrected chi connectivity index (χ3v) is 4.93. The highest BCUT2D eigenvalue weighted by molar-refractivity contribution is 14.0. The van der Waals surface area contributed by atoms with Crippen molar-refractivity contribution < 1.29 is 14.3 Å². The van der Waals surface area contributed by atoms with Crippen molar-refractivity contribution in [1.82, 2.24) is 16.0 Å². The number of amides is 1. The minimum absolute atomic E-state index is 0. The van der Waals surface area contributed by atoms with Crippen LogP contribution >= 0.6 is 47.2 Å². The number of guanidine groups is 1. The molecule has 1 heterocycles. The third-order valence-electron chi connectivity index (χ3n) is 4.19. The van der Waals surface area contributed by atoms with Gasteiger partial charge in [0.1, 0.15) is 0 Å². The number of benzene rings is 1. The molecular formula is C19H29Cl2IN4O3. The molecule has 2 rings (SSSR count). The Morgan fingerprint density at radius 2 is 1.97 bits per heavy atom. The van der Waals surface area contributed by atoms with Gasteiger partial charge in [-0.2, -0.15) is 0 Å². The van der Waals surface area contributed by atoms with Crippen molar-refractivity contribution in [2.75, 3.05) is 46.5 Å². The van der Waals surface area contributed by atoms with Crippen LogP contribution in [0, 0.1) is 0 Å². The fourth-order valence-corrected chi connectivity index (χ4v) is 2.99. The molecule has 1 aliphatic heterocycles. The Hall–Kier alpha value is -0.810. The summed E-state index contributed by atoms with van der Waals surface area (Å²) in [5, 5.41) is 9.96. The summed E-state index contributed by atoms with van der Waals surface area (Å²) >= 11 is 11.8. The van der Waals surface area contributed by atoms with E-state index in [2.05, 4.69) is 20.9 Å². The topological polar surface area (TPSA) is 84.0 Å². The lowest BCUT2D eigenvalue weighted by atomic mass is 10.2. The van der Waals surface area contributed by atoms with Crippen molar-refractivity contribution in [3.8, 4) is 0 Å². The maximum atomic E-state index is 12.1. The third kappa shape index (κ3) is 10.2. The first-order valence-corrected chi connectivity index (χ1v) is 10.2. The molecule has 1 amide bonds. The van der Waals surface area contributed by atoms with Crippen LogP contribution in [0.1, 0.15) is 29.6 Å². The van der Waals surface area contributed by atoms with Crippen molar-refractivity contribution in [2.24, 2.45) is 4.99 Å². The van der Waals surface area contributed by atoms with Crippen LogP contribution in [0.5, 0.6) is 0 Å². The van der Waals surface area contributed by atoms with Gasteiger partial charge in [-0.3, -0.25) is 9.79 Å². The molecule has 1 fully saturated rings. The van der Waals surface area contributed by atoms with E-state index in [1.807, 2.05) is 0 Å². The van der Waals surface area contributed by atoms with Crippen LogP contribution in [0.15, 0.2) is 23.2 Å². The quantitative estimate of drug-likeness (QED) is 0.178. The van der Waals surface area contributed by atoms with Gasteiger partial charge in [0.15, 0.2) is 5.96 Å². The number of ether oxygens (including phenoxy) is 2. The SMILES string of the molecule is CN=C(NCCCOCC1CCCO1)NCCNC(=O)c1ccc(Cl)c(Cl)c1.I. The molecule has 10 heteroatoms. The fourth-order valence-electron chi connectivity index (χ4n) is 2.69. The van der Waals surface area contributed by atoms with E-state index >= 15 is 0 Å². The molecule has 1 aromatic carbocycles. The molecule has 1 aliphatic rings. The van der Waals surface area contributed by atoms with E-state index in [0.29, 0.717) is 47.9 Å². The number of halogens is 3. The Morgan fingerprint density at radius 1 is 1.21 bits per heavy atom. The summed E-state index contributed by atoms with van der Waals surface area (Å²) in [5.41, 5.74) is 0.472. The van der Waals surface area contributed by atoms with Gasteiger partial charge in [0, 0.05) is 45.5 Å². The van der Waals surface area contributed by atoms with Crippen molar-refractivity contribution >= 4 is 59.0 Å². The molecule has 7 nitrogen and oxygen atoms in total. The van der Waals surface area contributed by atoms with Crippen LogP contribution in [0.25, 0.3) is 0 Å². The largest absolute Gasteiger partial charge is 0.379 e. The van der Waals surface area contributed by atoms with E-state index < -0.39 is 0 Å². The van der Waals surface area contributed by atoms with E-state index in [1.54, 1.807) is 25.2 Å². The number of nitrogens with one attached hydrogen (secondary N) is 3. The van der Waals surface area contributed by atoms with Crippen LogP contribution < -0.4 is 16.0 Å². The summed E-state index contributed by atoms with van der Waals surface area (Å²) < 4.78 is 11.1. The van der Waals surface area contributed by atoms with Crippen molar-refractivity contribution in [1.29, 1.82) is 0 Å². The van der Waals surface area contributed by atoms with Crippen LogP contribution in [-0.2, 0) is 9.47 Å². The molecule has 1 aromatic rings. The number of carbonyl (C=O) groups excluding carboxylic acids is 1. The second kappa shape index (κ2) is 15.1. The Morgan fingerprint density at radius 3 is 2.66 bits per heavy atom. The maximum Gasteiger partial charge on any atom is 0.251 e. The van der Waals surface area contributed by atoms with Crippen LogP contribution in [0.4, 0.5) is 0 Å². The zero-order valence-corrected chi connectivity index (χ0v) is 20.4. The average Bonchev–Trinajstić information content (AvgIpc) is 3.21. The zero-order chi connectivity index (χ0) is 20.2. The number of nitrogens with zero attached hydrogens (tertiary/aromatic N) is 1. The lowest BCUT2D eigenvalue weighted by molar-refractivity contribution is 0.0168. The van der Waals surface area contributed by atoms with Crippen LogP contribution in [-0.4, -0.2) is 64.5 Å². The van der Waals surface area contributed by atoms with Gasteiger partial charge in [-0.25, -0.2) is 0 Å². The smallest absolute Gasteiger partial charge is 0.251 e. The summed E-state index contributed by atoms with van der Waals surface area (Å²) in [6.45, 7) is 3.95. The lowest BCUT2D eigenvalue weighted by Crippen LogP contribution is -2.42. The Kier molecular flexibility index (Phi) is 13.6. The number of aliphatic imine (C=N–C) groups is 1. The second-order valence-corrected chi connectivity index (χ2v) is 7.19. The number of rotatable bonds is 10.